The van der Waals surface area contributed by atoms with Crippen molar-refractivity contribution in [2.75, 3.05) is 7.11 Å². The van der Waals surface area contributed by atoms with E-state index in [9.17, 15) is 14.8 Å². The molecule has 216 valence electrons. The lowest BCUT2D eigenvalue weighted by atomic mass is 9.79. The molecule has 3 fully saturated rings. The summed E-state index contributed by atoms with van der Waals surface area (Å²) in [5, 5.41) is 14.0. The molecule has 0 spiro atoms. The first kappa shape index (κ1) is 30.8. The first-order valence-corrected chi connectivity index (χ1v) is 13.9. The SMILES string of the molecule is C=CC1CC(C=C)C(C(=O)OC2CC(C)(C)N(OC)C(C)(C)C2)C1C(=O)OC1CC(C)(C)N(O)C(C)(C)C1. The smallest absolute Gasteiger partial charge is 0.310 e. The monoisotopic (exact) mass is 534 g/mol. The fraction of sp³-hybridized carbons (Fsp3) is 0.800. The summed E-state index contributed by atoms with van der Waals surface area (Å²) in [5.74, 6) is -2.59. The van der Waals surface area contributed by atoms with Crippen LogP contribution in [0, 0.1) is 23.7 Å². The van der Waals surface area contributed by atoms with E-state index in [2.05, 4.69) is 40.9 Å². The van der Waals surface area contributed by atoms with E-state index in [1.807, 2.05) is 32.8 Å². The number of esters is 2. The topological polar surface area (TPSA) is 88.5 Å². The van der Waals surface area contributed by atoms with E-state index in [-0.39, 0.29) is 41.1 Å². The predicted molar refractivity (Wildman–Crippen MR) is 146 cm³/mol. The highest BCUT2D eigenvalue weighted by Crippen LogP contribution is 2.47. The number of hydroxylamine groups is 4. The van der Waals surface area contributed by atoms with Crippen molar-refractivity contribution in [3.05, 3.63) is 25.3 Å². The Hall–Kier alpha value is -1.74. The maximum absolute atomic E-state index is 13.8. The van der Waals surface area contributed by atoms with Crippen molar-refractivity contribution >= 4 is 11.9 Å². The number of hydrogen-bond acceptors (Lipinski definition) is 8. The molecule has 0 bridgehead atoms. The summed E-state index contributed by atoms with van der Waals surface area (Å²) in [6.07, 6.45) is 5.64. The van der Waals surface area contributed by atoms with Crippen molar-refractivity contribution in [2.45, 2.75) is 122 Å². The second-order valence-electron chi connectivity index (χ2n) is 14.1. The van der Waals surface area contributed by atoms with Gasteiger partial charge in [0.15, 0.2) is 0 Å². The summed E-state index contributed by atoms with van der Waals surface area (Å²) < 4.78 is 12.3. The van der Waals surface area contributed by atoms with E-state index in [1.165, 1.54) is 5.06 Å². The number of rotatable bonds is 7. The highest BCUT2D eigenvalue weighted by Gasteiger charge is 2.54. The molecule has 0 amide bonds. The molecule has 0 aromatic carbocycles. The van der Waals surface area contributed by atoms with E-state index < -0.39 is 28.9 Å². The van der Waals surface area contributed by atoms with Gasteiger partial charge in [0, 0.05) is 47.8 Å². The molecule has 0 radical (unpaired) electrons. The largest absolute Gasteiger partial charge is 0.462 e. The number of allylic oxidation sites excluding steroid dienone is 2. The quantitative estimate of drug-likeness (QED) is 0.347. The normalized spacial score (nSPS) is 33.4. The van der Waals surface area contributed by atoms with Crippen molar-refractivity contribution < 1.29 is 29.1 Å². The average Bonchev–Trinajstić information content (AvgIpc) is 3.14. The second kappa shape index (κ2) is 10.7. The lowest BCUT2D eigenvalue weighted by Gasteiger charge is -2.52. The summed E-state index contributed by atoms with van der Waals surface area (Å²) in [5.41, 5.74) is -1.78. The van der Waals surface area contributed by atoms with Crippen LogP contribution in [0.1, 0.15) is 87.5 Å². The molecule has 2 saturated heterocycles. The number of hydrogen-bond donors (Lipinski definition) is 1. The van der Waals surface area contributed by atoms with Crippen LogP contribution in [0.3, 0.4) is 0 Å². The number of carbonyl (C=O) groups is 2. The molecule has 3 aliphatic rings. The third kappa shape index (κ3) is 5.88. The van der Waals surface area contributed by atoms with Crippen molar-refractivity contribution in [2.24, 2.45) is 23.7 Å². The average molecular weight is 535 g/mol. The minimum absolute atomic E-state index is 0.213. The fourth-order valence-corrected chi connectivity index (χ4v) is 7.77. The van der Waals surface area contributed by atoms with Gasteiger partial charge >= 0.3 is 11.9 Å². The van der Waals surface area contributed by atoms with Crippen LogP contribution in [0.25, 0.3) is 0 Å². The van der Waals surface area contributed by atoms with Crippen LogP contribution >= 0.6 is 0 Å². The molecule has 2 aliphatic heterocycles. The van der Waals surface area contributed by atoms with Crippen LogP contribution in [0.2, 0.25) is 0 Å². The van der Waals surface area contributed by atoms with Crippen LogP contribution < -0.4 is 0 Å². The lowest BCUT2D eigenvalue weighted by Crippen LogP contribution is -2.61. The van der Waals surface area contributed by atoms with Gasteiger partial charge in [-0.1, -0.05) is 12.2 Å². The molecule has 8 nitrogen and oxygen atoms in total. The van der Waals surface area contributed by atoms with Gasteiger partial charge < -0.3 is 19.5 Å². The zero-order valence-electron chi connectivity index (χ0n) is 25.0. The highest BCUT2D eigenvalue weighted by atomic mass is 16.7. The molecule has 4 atom stereocenters. The molecule has 8 heteroatoms. The Kier molecular flexibility index (Phi) is 8.65. The van der Waals surface area contributed by atoms with Crippen LogP contribution in [0.4, 0.5) is 0 Å². The second-order valence-corrected chi connectivity index (χ2v) is 14.1. The van der Waals surface area contributed by atoms with Crippen molar-refractivity contribution in [3.8, 4) is 0 Å². The molecule has 4 unspecified atom stereocenters. The van der Waals surface area contributed by atoms with Gasteiger partial charge in [0.05, 0.1) is 18.9 Å². The van der Waals surface area contributed by atoms with Crippen LogP contribution in [-0.4, -0.2) is 68.7 Å². The van der Waals surface area contributed by atoms with Crippen molar-refractivity contribution in [1.29, 1.82) is 0 Å². The third-order valence-corrected chi connectivity index (χ3v) is 8.91. The van der Waals surface area contributed by atoms with Gasteiger partial charge in [-0.2, -0.15) is 10.1 Å². The molecule has 0 aromatic rings. The Morgan fingerprint density at radius 1 is 0.737 bits per heavy atom. The Balaban J connectivity index is 1.81. The lowest BCUT2D eigenvalue weighted by molar-refractivity contribution is -0.278. The Morgan fingerprint density at radius 3 is 1.39 bits per heavy atom. The fourth-order valence-electron chi connectivity index (χ4n) is 7.77. The van der Waals surface area contributed by atoms with Gasteiger partial charge in [-0.3, -0.25) is 9.59 Å². The van der Waals surface area contributed by atoms with Gasteiger partial charge in [0.1, 0.15) is 12.2 Å². The first-order chi connectivity index (χ1) is 17.4. The Bertz CT molecular complexity index is 890. The van der Waals surface area contributed by atoms with E-state index in [0.29, 0.717) is 32.1 Å². The number of carbonyl (C=O) groups excluding carboxylic acids is 2. The van der Waals surface area contributed by atoms with E-state index in [1.54, 1.807) is 19.3 Å². The molecule has 1 N–H and O–H groups in total. The summed E-state index contributed by atoms with van der Waals surface area (Å²) in [4.78, 5) is 33.2. The van der Waals surface area contributed by atoms with Gasteiger partial charge in [0.25, 0.3) is 0 Å². The molecular formula is C30H50N2O6. The number of nitrogens with zero attached hydrogens (tertiary/aromatic N) is 2. The molecule has 2 heterocycles. The summed E-state index contributed by atoms with van der Waals surface area (Å²) in [6.45, 7) is 24.0. The molecule has 1 aliphatic carbocycles. The maximum atomic E-state index is 13.8. The zero-order valence-corrected chi connectivity index (χ0v) is 25.0. The predicted octanol–water partition coefficient (Wildman–Crippen LogP) is 5.31. The summed E-state index contributed by atoms with van der Waals surface area (Å²) in [6, 6.07) is 0. The minimum atomic E-state index is -0.693. The Labute approximate surface area is 229 Å². The highest BCUT2D eigenvalue weighted by molar-refractivity contribution is 5.84. The van der Waals surface area contributed by atoms with E-state index >= 15 is 0 Å². The standard InChI is InChI=1S/C30H50N2O6/c1-12-19-14-20(13-2)24(26(34)38-22-17-29(7,8)32(36-11)30(9,10)18-22)23(19)25(33)37-21-15-27(3,4)31(35)28(5,6)16-21/h12-13,19-24,35H,1-2,14-18H2,3-11H3. The Morgan fingerprint density at radius 2 is 1.08 bits per heavy atom. The molecular weight excluding hydrogens is 484 g/mol. The first-order valence-electron chi connectivity index (χ1n) is 13.9. The van der Waals surface area contributed by atoms with Gasteiger partial charge in [-0.15, -0.1) is 13.2 Å². The van der Waals surface area contributed by atoms with Gasteiger partial charge in [-0.25, -0.2) is 0 Å². The van der Waals surface area contributed by atoms with Crippen LogP contribution in [-0.2, 0) is 23.9 Å². The molecule has 0 aromatic heterocycles. The van der Waals surface area contributed by atoms with Crippen LogP contribution in [0.5, 0.6) is 0 Å². The minimum Gasteiger partial charge on any atom is -0.462 e. The van der Waals surface area contributed by atoms with Gasteiger partial charge in [-0.05, 0) is 73.6 Å². The zero-order chi connectivity index (χ0) is 28.8. The van der Waals surface area contributed by atoms with E-state index in [4.69, 9.17) is 14.3 Å². The van der Waals surface area contributed by atoms with Crippen molar-refractivity contribution in [3.63, 3.8) is 0 Å². The number of piperidine rings is 2. The molecule has 3 rings (SSSR count). The molecule has 38 heavy (non-hydrogen) atoms. The van der Waals surface area contributed by atoms with E-state index in [0.717, 1.165) is 0 Å². The maximum Gasteiger partial charge on any atom is 0.310 e. The third-order valence-electron chi connectivity index (χ3n) is 8.91. The number of ether oxygens (including phenoxy) is 2. The van der Waals surface area contributed by atoms with Crippen LogP contribution in [0.15, 0.2) is 25.3 Å². The summed E-state index contributed by atoms with van der Waals surface area (Å²) in [7, 11) is 1.67. The molecule has 1 saturated carbocycles. The van der Waals surface area contributed by atoms with Gasteiger partial charge in [0.2, 0.25) is 0 Å². The van der Waals surface area contributed by atoms with Crippen molar-refractivity contribution in [1.82, 2.24) is 10.1 Å². The summed E-state index contributed by atoms with van der Waals surface area (Å²) >= 11 is 0.